The molecule has 1 aromatic carbocycles. The maximum Gasteiger partial charge on any atom is 0.139 e. The number of likely N-dealkylation sites (tertiary alicyclic amines) is 1. The van der Waals surface area contributed by atoms with Gasteiger partial charge in [-0.1, -0.05) is 56.0 Å². The number of aryl methyl sites for hydroxylation is 1. The van der Waals surface area contributed by atoms with E-state index in [2.05, 4.69) is 39.8 Å². The molecule has 0 radical (unpaired) electrons. The molecule has 29 heavy (non-hydrogen) atoms. The van der Waals surface area contributed by atoms with Crippen molar-refractivity contribution in [3.8, 4) is 0 Å². The highest BCUT2D eigenvalue weighted by Crippen LogP contribution is 2.50. The average molecular weight is 393 g/mol. The van der Waals surface area contributed by atoms with Gasteiger partial charge in [0.25, 0.3) is 0 Å². The number of benzene rings is 1. The first-order valence-electron chi connectivity index (χ1n) is 12.0. The van der Waals surface area contributed by atoms with Gasteiger partial charge in [-0.25, -0.2) is 0 Å². The van der Waals surface area contributed by atoms with E-state index in [1.165, 1.54) is 94.5 Å². The Morgan fingerprint density at radius 1 is 0.828 bits per heavy atom. The molecule has 4 heteroatoms. The second-order valence-electron chi connectivity index (χ2n) is 9.65. The standard InChI is InChI=1S/C25H36N4/c1-2-9-17-29-23(12-6-1)26-27-24(29)25(15-7-8-16-25)22-13-18-28(19-14-22)20-21-10-4-3-5-11-21/h3-5,10-11,22H,1-2,6-9,12-20H2. The Hall–Kier alpha value is -1.68. The number of hydrogen-bond donors (Lipinski definition) is 0. The summed E-state index contributed by atoms with van der Waals surface area (Å²) >= 11 is 0. The van der Waals surface area contributed by atoms with Crippen molar-refractivity contribution in [2.45, 2.75) is 89.1 Å². The van der Waals surface area contributed by atoms with E-state index in [0.29, 0.717) is 5.41 Å². The van der Waals surface area contributed by atoms with E-state index in [1.807, 2.05) is 0 Å². The fraction of sp³-hybridized carbons (Fsp3) is 0.680. The highest BCUT2D eigenvalue weighted by molar-refractivity contribution is 5.18. The van der Waals surface area contributed by atoms with E-state index in [0.717, 1.165) is 25.4 Å². The van der Waals surface area contributed by atoms with Gasteiger partial charge in [0, 0.05) is 24.9 Å². The molecule has 1 aromatic heterocycles. The molecule has 0 bridgehead atoms. The van der Waals surface area contributed by atoms with Crippen molar-refractivity contribution in [2.75, 3.05) is 13.1 Å². The Morgan fingerprint density at radius 2 is 1.59 bits per heavy atom. The predicted octanol–water partition coefficient (Wildman–Crippen LogP) is 5.12. The first-order chi connectivity index (χ1) is 14.4. The molecule has 1 saturated carbocycles. The monoisotopic (exact) mass is 392 g/mol. The van der Waals surface area contributed by atoms with E-state index in [4.69, 9.17) is 10.2 Å². The van der Waals surface area contributed by atoms with Gasteiger partial charge in [-0.15, -0.1) is 10.2 Å². The second-order valence-corrected chi connectivity index (χ2v) is 9.65. The highest BCUT2D eigenvalue weighted by atomic mass is 15.3. The van der Waals surface area contributed by atoms with Crippen LogP contribution < -0.4 is 0 Å². The van der Waals surface area contributed by atoms with E-state index in [1.54, 1.807) is 0 Å². The molecule has 2 fully saturated rings. The summed E-state index contributed by atoms with van der Waals surface area (Å²) in [7, 11) is 0. The minimum absolute atomic E-state index is 0.295. The van der Waals surface area contributed by atoms with Crippen LogP contribution in [0.3, 0.4) is 0 Å². The van der Waals surface area contributed by atoms with Gasteiger partial charge >= 0.3 is 0 Å². The van der Waals surface area contributed by atoms with Crippen LogP contribution in [0.25, 0.3) is 0 Å². The smallest absolute Gasteiger partial charge is 0.139 e. The molecule has 3 aliphatic rings. The summed E-state index contributed by atoms with van der Waals surface area (Å²) in [4.78, 5) is 2.66. The fourth-order valence-corrected chi connectivity index (χ4v) is 6.34. The van der Waals surface area contributed by atoms with Crippen LogP contribution in [0.1, 0.15) is 81.4 Å². The van der Waals surface area contributed by atoms with Gasteiger partial charge in [-0.3, -0.25) is 4.90 Å². The van der Waals surface area contributed by atoms with Gasteiger partial charge in [0.05, 0.1) is 0 Å². The van der Waals surface area contributed by atoms with Crippen molar-refractivity contribution in [1.29, 1.82) is 0 Å². The Balaban J connectivity index is 1.33. The van der Waals surface area contributed by atoms with Crippen molar-refractivity contribution < 1.29 is 0 Å². The average Bonchev–Trinajstić information content (AvgIpc) is 3.37. The molecule has 1 saturated heterocycles. The molecule has 5 rings (SSSR count). The highest BCUT2D eigenvalue weighted by Gasteiger charge is 2.47. The molecule has 1 aliphatic carbocycles. The summed E-state index contributed by atoms with van der Waals surface area (Å²) in [6, 6.07) is 11.0. The molecule has 0 amide bonds. The van der Waals surface area contributed by atoms with E-state index in [9.17, 15) is 0 Å². The topological polar surface area (TPSA) is 34.0 Å². The summed E-state index contributed by atoms with van der Waals surface area (Å²) in [6.07, 6.45) is 14.4. The van der Waals surface area contributed by atoms with Crippen molar-refractivity contribution in [3.05, 3.63) is 47.5 Å². The SMILES string of the molecule is c1ccc(CN2CCC(C3(c4nnc5n4CCCCCC5)CCCC3)CC2)cc1. The van der Waals surface area contributed by atoms with Crippen molar-refractivity contribution >= 4 is 0 Å². The maximum absolute atomic E-state index is 4.90. The number of piperidine rings is 1. The lowest BCUT2D eigenvalue weighted by Crippen LogP contribution is -2.43. The summed E-state index contributed by atoms with van der Waals surface area (Å²) in [5.41, 5.74) is 1.74. The predicted molar refractivity (Wildman–Crippen MR) is 117 cm³/mol. The van der Waals surface area contributed by atoms with Gasteiger partial charge < -0.3 is 4.57 Å². The Kier molecular flexibility index (Phi) is 5.72. The zero-order valence-corrected chi connectivity index (χ0v) is 17.9. The lowest BCUT2D eigenvalue weighted by atomic mass is 9.68. The summed E-state index contributed by atoms with van der Waals surface area (Å²) in [5, 5.41) is 9.61. The largest absolute Gasteiger partial charge is 0.315 e. The molecular weight excluding hydrogens is 356 g/mol. The lowest BCUT2D eigenvalue weighted by molar-refractivity contribution is 0.115. The maximum atomic E-state index is 4.90. The number of rotatable bonds is 4. The minimum atomic E-state index is 0.295. The third-order valence-corrected chi connectivity index (χ3v) is 7.92. The van der Waals surface area contributed by atoms with E-state index < -0.39 is 0 Å². The van der Waals surface area contributed by atoms with Gasteiger partial charge in [0.1, 0.15) is 11.6 Å². The third-order valence-electron chi connectivity index (χ3n) is 7.92. The minimum Gasteiger partial charge on any atom is -0.315 e. The number of hydrogen-bond acceptors (Lipinski definition) is 3. The summed E-state index contributed by atoms with van der Waals surface area (Å²) in [6.45, 7) is 4.69. The first-order valence-corrected chi connectivity index (χ1v) is 12.0. The molecule has 3 heterocycles. The molecule has 0 atom stereocenters. The molecule has 0 unspecified atom stereocenters. The van der Waals surface area contributed by atoms with Gasteiger partial charge in [0.15, 0.2) is 0 Å². The Labute approximate surface area is 175 Å². The number of aromatic nitrogens is 3. The molecule has 2 aromatic rings. The molecule has 4 nitrogen and oxygen atoms in total. The van der Waals surface area contributed by atoms with Crippen LogP contribution in [-0.2, 0) is 24.9 Å². The summed E-state index contributed by atoms with van der Waals surface area (Å²) < 4.78 is 2.57. The number of fused-ring (bicyclic) bond motifs is 1. The lowest BCUT2D eigenvalue weighted by Gasteiger charge is -2.42. The molecule has 0 spiro atoms. The van der Waals surface area contributed by atoms with Gasteiger partial charge in [-0.05, 0) is 63.1 Å². The number of nitrogens with zero attached hydrogens (tertiary/aromatic N) is 4. The van der Waals surface area contributed by atoms with E-state index in [-0.39, 0.29) is 0 Å². The van der Waals surface area contributed by atoms with Crippen LogP contribution in [0, 0.1) is 5.92 Å². The molecular formula is C25H36N4. The Bertz CT molecular complexity index is 782. The second kappa shape index (κ2) is 8.59. The molecule has 156 valence electrons. The van der Waals surface area contributed by atoms with Crippen molar-refractivity contribution in [1.82, 2.24) is 19.7 Å². The molecule has 2 aliphatic heterocycles. The van der Waals surface area contributed by atoms with Crippen LogP contribution in [0.5, 0.6) is 0 Å². The fourth-order valence-electron chi connectivity index (χ4n) is 6.34. The zero-order chi connectivity index (χ0) is 19.5. The zero-order valence-electron chi connectivity index (χ0n) is 17.9. The van der Waals surface area contributed by atoms with Crippen LogP contribution in [0.4, 0.5) is 0 Å². The van der Waals surface area contributed by atoms with Crippen LogP contribution in [-0.4, -0.2) is 32.8 Å². The third kappa shape index (κ3) is 3.88. The van der Waals surface area contributed by atoms with Gasteiger partial charge in [0.2, 0.25) is 0 Å². The quantitative estimate of drug-likeness (QED) is 0.724. The Morgan fingerprint density at radius 3 is 2.38 bits per heavy atom. The van der Waals surface area contributed by atoms with Crippen molar-refractivity contribution in [2.24, 2.45) is 5.92 Å². The van der Waals surface area contributed by atoms with Crippen LogP contribution >= 0.6 is 0 Å². The first kappa shape index (κ1) is 19.3. The molecule has 0 N–H and O–H groups in total. The summed E-state index contributed by atoms with van der Waals surface area (Å²) in [5.74, 6) is 3.41. The normalized spacial score (nSPS) is 23.4. The van der Waals surface area contributed by atoms with Crippen LogP contribution in [0.2, 0.25) is 0 Å². The van der Waals surface area contributed by atoms with Gasteiger partial charge in [-0.2, -0.15) is 0 Å². The van der Waals surface area contributed by atoms with Crippen LogP contribution in [0.15, 0.2) is 30.3 Å². The van der Waals surface area contributed by atoms with E-state index >= 15 is 0 Å². The van der Waals surface area contributed by atoms with Crippen molar-refractivity contribution in [3.63, 3.8) is 0 Å².